The summed E-state index contributed by atoms with van der Waals surface area (Å²) in [5.41, 5.74) is 6.49. The number of aromatic nitrogens is 1. The lowest BCUT2D eigenvalue weighted by atomic mass is 10.0. The van der Waals surface area contributed by atoms with E-state index in [0.717, 1.165) is 17.8 Å². The Bertz CT molecular complexity index is 582. The SMILES string of the molecule is NC(Cc1cccc(Cl)c1)c1ccc(C(F)(F)F)cn1. The second-order valence-corrected chi connectivity index (χ2v) is 4.85. The van der Waals surface area contributed by atoms with Gasteiger partial charge in [-0.1, -0.05) is 23.7 Å². The third-order valence-corrected chi connectivity index (χ3v) is 3.07. The van der Waals surface area contributed by atoms with E-state index in [1.54, 1.807) is 18.2 Å². The van der Waals surface area contributed by atoms with Crippen molar-refractivity contribution >= 4 is 11.6 Å². The summed E-state index contributed by atoms with van der Waals surface area (Å²) in [6.07, 6.45) is -3.13. The molecule has 0 saturated heterocycles. The number of alkyl halides is 3. The lowest BCUT2D eigenvalue weighted by Gasteiger charge is -2.13. The van der Waals surface area contributed by atoms with Crippen LogP contribution < -0.4 is 5.73 Å². The molecule has 1 heterocycles. The third kappa shape index (κ3) is 3.71. The highest BCUT2D eigenvalue weighted by atomic mass is 35.5. The van der Waals surface area contributed by atoms with Crippen molar-refractivity contribution in [3.8, 4) is 0 Å². The van der Waals surface area contributed by atoms with Gasteiger partial charge in [0, 0.05) is 11.2 Å². The van der Waals surface area contributed by atoms with Crippen molar-refractivity contribution in [3.05, 3.63) is 64.4 Å². The van der Waals surface area contributed by atoms with Crippen LogP contribution in [0.4, 0.5) is 13.2 Å². The lowest BCUT2D eigenvalue weighted by Crippen LogP contribution is -2.16. The number of halogens is 4. The Morgan fingerprint density at radius 1 is 1.20 bits per heavy atom. The molecule has 0 aliphatic carbocycles. The normalized spacial score (nSPS) is 13.2. The summed E-state index contributed by atoms with van der Waals surface area (Å²) in [4.78, 5) is 3.79. The van der Waals surface area contributed by atoms with Crippen LogP contribution in [-0.4, -0.2) is 4.98 Å². The molecule has 0 aliphatic heterocycles. The fraction of sp³-hybridized carbons (Fsp3) is 0.214. The molecular formula is C14H12ClF3N2. The van der Waals surface area contributed by atoms with Gasteiger partial charge in [-0.05, 0) is 36.2 Å². The van der Waals surface area contributed by atoms with Crippen LogP contribution in [0.25, 0.3) is 0 Å². The van der Waals surface area contributed by atoms with E-state index in [1.165, 1.54) is 6.07 Å². The second kappa shape index (κ2) is 5.81. The molecule has 2 rings (SSSR count). The second-order valence-electron chi connectivity index (χ2n) is 4.41. The molecule has 1 aromatic heterocycles. The quantitative estimate of drug-likeness (QED) is 0.930. The van der Waals surface area contributed by atoms with Crippen LogP contribution in [-0.2, 0) is 12.6 Å². The minimum Gasteiger partial charge on any atom is -0.322 e. The van der Waals surface area contributed by atoms with Gasteiger partial charge in [-0.15, -0.1) is 0 Å². The maximum atomic E-state index is 12.4. The average Bonchev–Trinajstić information content (AvgIpc) is 2.38. The molecule has 1 unspecified atom stereocenters. The van der Waals surface area contributed by atoms with E-state index in [1.807, 2.05) is 6.07 Å². The first-order chi connectivity index (χ1) is 9.36. The van der Waals surface area contributed by atoms with Gasteiger partial charge in [-0.2, -0.15) is 13.2 Å². The van der Waals surface area contributed by atoms with Crippen LogP contribution in [0.3, 0.4) is 0 Å². The van der Waals surface area contributed by atoms with Gasteiger partial charge in [0.15, 0.2) is 0 Å². The van der Waals surface area contributed by atoms with Crippen LogP contribution in [0, 0.1) is 0 Å². The summed E-state index contributed by atoms with van der Waals surface area (Å²) in [5, 5.41) is 0.593. The highest BCUT2D eigenvalue weighted by molar-refractivity contribution is 6.30. The number of nitrogens with two attached hydrogens (primary N) is 1. The van der Waals surface area contributed by atoms with Crippen molar-refractivity contribution in [2.24, 2.45) is 5.73 Å². The van der Waals surface area contributed by atoms with Gasteiger partial charge >= 0.3 is 6.18 Å². The molecule has 0 radical (unpaired) electrons. The van der Waals surface area contributed by atoms with Gasteiger partial charge in [0.1, 0.15) is 0 Å². The lowest BCUT2D eigenvalue weighted by molar-refractivity contribution is -0.137. The number of nitrogens with zero attached hydrogens (tertiary/aromatic N) is 1. The molecule has 0 saturated carbocycles. The molecule has 0 fully saturated rings. The Morgan fingerprint density at radius 2 is 1.95 bits per heavy atom. The highest BCUT2D eigenvalue weighted by Crippen LogP contribution is 2.29. The Hall–Kier alpha value is -1.59. The molecule has 0 amide bonds. The minimum atomic E-state index is -4.39. The minimum absolute atomic E-state index is 0.415. The first kappa shape index (κ1) is 14.8. The zero-order valence-corrected chi connectivity index (χ0v) is 11.1. The zero-order chi connectivity index (χ0) is 14.8. The molecule has 106 valence electrons. The van der Waals surface area contributed by atoms with E-state index in [4.69, 9.17) is 17.3 Å². The van der Waals surface area contributed by atoms with Crippen molar-refractivity contribution < 1.29 is 13.2 Å². The topological polar surface area (TPSA) is 38.9 Å². The van der Waals surface area contributed by atoms with E-state index < -0.39 is 17.8 Å². The number of benzene rings is 1. The highest BCUT2D eigenvalue weighted by Gasteiger charge is 2.30. The zero-order valence-electron chi connectivity index (χ0n) is 10.4. The molecule has 1 atom stereocenters. The van der Waals surface area contributed by atoms with Crippen molar-refractivity contribution in [1.82, 2.24) is 4.98 Å². The molecule has 0 spiro atoms. The van der Waals surface area contributed by atoms with Crippen LogP contribution in [0.1, 0.15) is 22.9 Å². The summed E-state index contributed by atoms with van der Waals surface area (Å²) in [6, 6.07) is 8.98. The summed E-state index contributed by atoms with van der Waals surface area (Å²) in [7, 11) is 0. The summed E-state index contributed by atoms with van der Waals surface area (Å²) in [5.74, 6) is 0. The molecule has 20 heavy (non-hydrogen) atoms. The molecule has 6 heteroatoms. The molecule has 1 aromatic carbocycles. The fourth-order valence-electron chi connectivity index (χ4n) is 1.81. The van der Waals surface area contributed by atoms with Crippen molar-refractivity contribution in [2.45, 2.75) is 18.6 Å². The van der Waals surface area contributed by atoms with Gasteiger partial charge in [-0.25, -0.2) is 0 Å². The van der Waals surface area contributed by atoms with Gasteiger partial charge in [0.05, 0.1) is 17.3 Å². The van der Waals surface area contributed by atoms with Crippen LogP contribution >= 0.6 is 11.6 Å². The Labute approximate surface area is 119 Å². The first-order valence-corrected chi connectivity index (χ1v) is 6.27. The number of rotatable bonds is 3. The Kier molecular flexibility index (Phi) is 4.30. The first-order valence-electron chi connectivity index (χ1n) is 5.89. The Balaban J connectivity index is 2.11. The van der Waals surface area contributed by atoms with Gasteiger partial charge < -0.3 is 5.73 Å². The third-order valence-electron chi connectivity index (χ3n) is 2.84. The standard InChI is InChI=1S/C14H12ClF3N2/c15-11-3-1-2-9(6-11)7-12(19)13-5-4-10(8-20-13)14(16,17)18/h1-6,8,12H,7,19H2. The fourth-order valence-corrected chi connectivity index (χ4v) is 2.03. The number of pyridine rings is 1. The van der Waals surface area contributed by atoms with Crippen molar-refractivity contribution in [3.63, 3.8) is 0 Å². The number of hydrogen-bond donors (Lipinski definition) is 1. The maximum Gasteiger partial charge on any atom is 0.417 e. The molecule has 0 aliphatic rings. The monoisotopic (exact) mass is 300 g/mol. The molecule has 2 nitrogen and oxygen atoms in total. The molecule has 2 aromatic rings. The van der Waals surface area contributed by atoms with Crippen LogP contribution in [0.15, 0.2) is 42.6 Å². The van der Waals surface area contributed by atoms with Crippen molar-refractivity contribution in [1.29, 1.82) is 0 Å². The van der Waals surface area contributed by atoms with Crippen LogP contribution in [0.5, 0.6) is 0 Å². The largest absolute Gasteiger partial charge is 0.417 e. The smallest absolute Gasteiger partial charge is 0.322 e. The van der Waals surface area contributed by atoms with E-state index in [-0.39, 0.29) is 0 Å². The predicted molar refractivity (Wildman–Crippen MR) is 71.3 cm³/mol. The predicted octanol–water partition coefficient (Wildman–Crippen LogP) is 4.00. The van der Waals surface area contributed by atoms with Crippen molar-refractivity contribution in [2.75, 3.05) is 0 Å². The molecular weight excluding hydrogens is 289 g/mol. The van der Waals surface area contributed by atoms with E-state index in [0.29, 0.717) is 17.1 Å². The van der Waals surface area contributed by atoms with E-state index in [2.05, 4.69) is 4.98 Å². The average molecular weight is 301 g/mol. The maximum absolute atomic E-state index is 12.4. The van der Waals surface area contributed by atoms with E-state index >= 15 is 0 Å². The number of hydrogen-bond acceptors (Lipinski definition) is 2. The van der Waals surface area contributed by atoms with E-state index in [9.17, 15) is 13.2 Å². The van der Waals surface area contributed by atoms with Gasteiger partial charge in [-0.3, -0.25) is 4.98 Å². The summed E-state index contributed by atoms with van der Waals surface area (Å²) >= 11 is 5.86. The summed E-state index contributed by atoms with van der Waals surface area (Å²) < 4.78 is 37.3. The van der Waals surface area contributed by atoms with Gasteiger partial charge in [0.25, 0.3) is 0 Å². The van der Waals surface area contributed by atoms with Gasteiger partial charge in [0.2, 0.25) is 0 Å². The Morgan fingerprint density at radius 3 is 2.50 bits per heavy atom. The summed E-state index contributed by atoms with van der Waals surface area (Å²) in [6.45, 7) is 0. The molecule has 0 bridgehead atoms. The molecule has 2 N–H and O–H groups in total. The van der Waals surface area contributed by atoms with Crippen LogP contribution in [0.2, 0.25) is 5.02 Å².